The van der Waals surface area contributed by atoms with Crippen molar-refractivity contribution >= 4 is 38.5 Å². The molecule has 2 aromatic heterocycles. The highest BCUT2D eigenvalue weighted by Crippen LogP contribution is 2.26. The lowest BCUT2D eigenvalue weighted by Crippen LogP contribution is -2.28. The largest absolute Gasteiger partial charge is 0.355 e. The van der Waals surface area contributed by atoms with Gasteiger partial charge in [-0.2, -0.15) is 0 Å². The molecule has 2 heterocycles. The first kappa shape index (κ1) is 16.7. The molecule has 0 fully saturated rings. The summed E-state index contributed by atoms with van der Waals surface area (Å²) < 4.78 is 3.21. The summed E-state index contributed by atoms with van der Waals surface area (Å²) in [7, 11) is 0. The number of benzene rings is 2. The number of thiazole rings is 1. The van der Waals surface area contributed by atoms with Gasteiger partial charge in [0.2, 0.25) is 5.91 Å². The maximum Gasteiger partial charge on any atom is 0.221 e. The monoisotopic (exact) mass is 364 g/mol. The minimum Gasteiger partial charge on any atom is -0.355 e. The Balaban J connectivity index is 1.32. The number of carbonyl (C=O) groups is 1. The van der Waals surface area contributed by atoms with Crippen LogP contribution in [-0.2, 0) is 11.3 Å². The van der Waals surface area contributed by atoms with Gasteiger partial charge in [0, 0.05) is 25.4 Å². The molecular weight excluding hydrogens is 344 g/mol. The molecule has 0 saturated heterocycles. The lowest BCUT2D eigenvalue weighted by molar-refractivity contribution is -0.121. The van der Waals surface area contributed by atoms with E-state index in [1.807, 2.05) is 47.0 Å². The molecule has 0 saturated carbocycles. The molecule has 26 heavy (non-hydrogen) atoms. The van der Waals surface area contributed by atoms with Gasteiger partial charge in [-0.3, -0.25) is 4.79 Å². The quantitative estimate of drug-likeness (QED) is 0.563. The van der Waals surface area contributed by atoms with Crippen molar-refractivity contribution in [1.82, 2.24) is 19.9 Å². The van der Waals surface area contributed by atoms with Crippen LogP contribution in [0.5, 0.6) is 0 Å². The van der Waals surface area contributed by atoms with Crippen LogP contribution in [0.3, 0.4) is 0 Å². The third-order valence-electron chi connectivity index (χ3n) is 4.44. The molecule has 4 rings (SSSR count). The van der Waals surface area contributed by atoms with Crippen molar-refractivity contribution < 1.29 is 4.79 Å². The van der Waals surface area contributed by atoms with Gasteiger partial charge >= 0.3 is 0 Å². The number of imidazole rings is 1. The molecule has 2 aromatic carbocycles. The standard InChI is InChI=1S/C20H20N4OS/c1-14(20-23-16-7-3-5-9-18(16)26-20)12-21-19(25)10-11-24-13-22-15-6-2-4-8-17(15)24/h2-9,13-14H,10-12H2,1H3,(H,21,25). The van der Waals surface area contributed by atoms with Crippen LogP contribution in [0, 0.1) is 0 Å². The molecule has 6 heteroatoms. The highest BCUT2D eigenvalue weighted by Gasteiger charge is 2.13. The Hall–Kier alpha value is -2.73. The number of nitrogens with zero attached hydrogens (tertiary/aromatic N) is 3. The molecule has 1 atom stereocenters. The van der Waals surface area contributed by atoms with E-state index in [4.69, 9.17) is 0 Å². The molecule has 1 unspecified atom stereocenters. The first-order valence-electron chi connectivity index (χ1n) is 8.73. The molecule has 1 amide bonds. The third kappa shape index (κ3) is 3.46. The highest BCUT2D eigenvalue weighted by atomic mass is 32.1. The molecule has 0 bridgehead atoms. The summed E-state index contributed by atoms with van der Waals surface area (Å²) in [6.07, 6.45) is 2.23. The van der Waals surface area contributed by atoms with Gasteiger partial charge in [-0.25, -0.2) is 9.97 Å². The summed E-state index contributed by atoms with van der Waals surface area (Å²) in [5.41, 5.74) is 3.04. The van der Waals surface area contributed by atoms with Gasteiger partial charge in [0.25, 0.3) is 0 Å². The molecule has 0 aliphatic heterocycles. The molecule has 0 aliphatic rings. The van der Waals surface area contributed by atoms with E-state index in [1.165, 1.54) is 4.70 Å². The predicted octanol–water partition coefficient (Wildman–Crippen LogP) is 3.96. The van der Waals surface area contributed by atoms with Crippen LogP contribution in [0.25, 0.3) is 21.3 Å². The minimum absolute atomic E-state index is 0.0516. The van der Waals surface area contributed by atoms with Crippen LogP contribution in [0.1, 0.15) is 24.3 Å². The molecular formula is C20H20N4OS. The normalized spacial score (nSPS) is 12.5. The first-order chi connectivity index (χ1) is 12.7. The van der Waals surface area contributed by atoms with Gasteiger partial charge in [-0.15, -0.1) is 11.3 Å². The van der Waals surface area contributed by atoms with E-state index in [9.17, 15) is 4.79 Å². The lowest BCUT2D eigenvalue weighted by atomic mass is 10.2. The van der Waals surface area contributed by atoms with Crippen LogP contribution in [0.15, 0.2) is 54.9 Å². The van der Waals surface area contributed by atoms with Crippen molar-refractivity contribution in [2.75, 3.05) is 6.54 Å². The minimum atomic E-state index is 0.0516. The number of amides is 1. The topological polar surface area (TPSA) is 59.8 Å². The van der Waals surface area contributed by atoms with Crippen molar-refractivity contribution in [2.45, 2.75) is 25.8 Å². The van der Waals surface area contributed by atoms with E-state index in [0.29, 0.717) is 19.5 Å². The summed E-state index contributed by atoms with van der Waals surface area (Å²) in [6, 6.07) is 16.1. The highest BCUT2D eigenvalue weighted by molar-refractivity contribution is 7.18. The van der Waals surface area contributed by atoms with Crippen molar-refractivity contribution in [3.05, 3.63) is 59.9 Å². The summed E-state index contributed by atoms with van der Waals surface area (Å²) in [5, 5.41) is 4.09. The zero-order valence-corrected chi connectivity index (χ0v) is 15.4. The second kappa shape index (κ2) is 7.25. The Morgan fingerprint density at radius 3 is 2.77 bits per heavy atom. The fourth-order valence-corrected chi connectivity index (χ4v) is 3.97. The Kier molecular flexibility index (Phi) is 4.67. The fourth-order valence-electron chi connectivity index (χ4n) is 2.95. The SMILES string of the molecule is CC(CNC(=O)CCn1cnc2ccccc21)c1nc2ccccc2s1. The Labute approximate surface area is 155 Å². The number of fused-ring (bicyclic) bond motifs is 2. The maximum absolute atomic E-state index is 12.2. The molecule has 4 aromatic rings. The van der Waals surface area contributed by atoms with Crippen molar-refractivity contribution in [2.24, 2.45) is 0 Å². The first-order valence-corrected chi connectivity index (χ1v) is 9.54. The smallest absolute Gasteiger partial charge is 0.221 e. The second-order valence-electron chi connectivity index (χ2n) is 6.40. The number of aromatic nitrogens is 3. The zero-order valence-electron chi connectivity index (χ0n) is 14.6. The van der Waals surface area contributed by atoms with E-state index < -0.39 is 0 Å². The maximum atomic E-state index is 12.2. The van der Waals surface area contributed by atoms with E-state index in [2.05, 4.69) is 28.3 Å². The van der Waals surface area contributed by atoms with Gasteiger partial charge in [-0.1, -0.05) is 31.2 Å². The summed E-state index contributed by atoms with van der Waals surface area (Å²) in [4.78, 5) is 21.2. The van der Waals surface area contributed by atoms with Gasteiger partial charge in [0.05, 0.1) is 32.6 Å². The predicted molar refractivity (Wildman–Crippen MR) is 105 cm³/mol. The van der Waals surface area contributed by atoms with Crippen LogP contribution in [-0.4, -0.2) is 27.0 Å². The number of hydrogen-bond donors (Lipinski definition) is 1. The number of rotatable bonds is 6. The molecule has 0 aliphatic carbocycles. The van der Waals surface area contributed by atoms with Crippen molar-refractivity contribution in [3.8, 4) is 0 Å². The molecule has 0 radical (unpaired) electrons. The van der Waals surface area contributed by atoms with Crippen LogP contribution in [0.4, 0.5) is 0 Å². The zero-order chi connectivity index (χ0) is 17.9. The van der Waals surface area contributed by atoms with Crippen LogP contribution < -0.4 is 5.32 Å². The Morgan fingerprint density at radius 2 is 1.92 bits per heavy atom. The number of aryl methyl sites for hydroxylation is 1. The lowest BCUT2D eigenvalue weighted by Gasteiger charge is -2.10. The summed E-state index contributed by atoms with van der Waals surface area (Å²) in [6.45, 7) is 3.33. The molecule has 0 spiro atoms. The second-order valence-corrected chi connectivity index (χ2v) is 7.46. The van der Waals surface area contributed by atoms with Gasteiger partial charge < -0.3 is 9.88 Å². The Morgan fingerprint density at radius 1 is 1.15 bits per heavy atom. The van der Waals surface area contributed by atoms with Crippen LogP contribution >= 0.6 is 11.3 Å². The van der Waals surface area contributed by atoms with E-state index in [1.54, 1.807) is 17.7 Å². The Bertz CT molecular complexity index is 1020. The third-order valence-corrected chi connectivity index (χ3v) is 5.71. The number of carbonyl (C=O) groups excluding carboxylic acids is 1. The number of hydrogen-bond acceptors (Lipinski definition) is 4. The van der Waals surface area contributed by atoms with Gasteiger partial charge in [-0.05, 0) is 24.3 Å². The fraction of sp³-hybridized carbons (Fsp3) is 0.250. The van der Waals surface area contributed by atoms with Crippen LogP contribution in [0.2, 0.25) is 0 Å². The van der Waals surface area contributed by atoms with E-state index in [0.717, 1.165) is 21.6 Å². The van der Waals surface area contributed by atoms with Crippen molar-refractivity contribution in [1.29, 1.82) is 0 Å². The average Bonchev–Trinajstić information content (AvgIpc) is 3.28. The number of para-hydroxylation sites is 3. The molecule has 132 valence electrons. The molecule has 5 nitrogen and oxygen atoms in total. The summed E-state index contributed by atoms with van der Waals surface area (Å²) >= 11 is 1.70. The van der Waals surface area contributed by atoms with Crippen molar-refractivity contribution in [3.63, 3.8) is 0 Å². The van der Waals surface area contributed by atoms with E-state index in [-0.39, 0.29) is 11.8 Å². The van der Waals surface area contributed by atoms with Gasteiger partial charge in [0.15, 0.2) is 0 Å². The number of nitrogens with one attached hydrogen (secondary N) is 1. The van der Waals surface area contributed by atoms with E-state index >= 15 is 0 Å². The molecule has 1 N–H and O–H groups in total. The van der Waals surface area contributed by atoms with Gasteiger partial charge in [0.1, 0.15) is 0 Å². The summed E-state index contributed by atoms with van der Waals surface area (Å²) in [5.74, 6) is 0.251. The average molecular weight is 364 g/mol.